The maximum atomic E-state index is 13.7. The number of nitrogens with two attached hydrogens (primary N) is 1. The summed E-state index contributed by atoms with van der Waals surface area (Å²) in [4.78, 5) is 0. The molecule has 1 aromatic rings. The van der Waals surface area contributed by atoms with E-state index < -0.39 is 11.6 Å². The first-order valence-electron chi connectivity index (χ1n) is 6.74. The normalized spacial score (nSPS) is 28.3. The van der Waals surface area contributed by atoms with Crippen molar-refractivity contribution in [1.82, 2.24) is 0 Å². The number of rotatable bonds is 3. The minimum absolute atomic E-state index is 0.427. The van der Waals surface area contributed by atoms with Crippen LogP contribution in [-0.4, -0.2) is 6.54 Å². The molecule has 0 amide bonds. The third-order valence-electron chi connectivity index (χ3n) is 4.20. The summed E-state index contributed by atoms with van der Waals surface area (Å²) >= 11 is 0. The molecule has 0 saturated heterocycles. The largest absolute Gasteiger partial charge is 0.330 e. The van der Waals surface area contributed by atoms with Gasteiger partial charge in [0.05, 0.1) is 0 Å². The fourth-order valence-electron chi connectivity index (χ4n) is 3.09. The summed E-state index contributed by atoms with van der Waals surface area (Å²) in [6.45, 7) is 2.90. The zero-order chi connectivity index (χ0) is 13.1. The van der Waals surface area contributed by atoms with Crippen molar-refractivity contribution in [2.45, 2.75) is 32.6 Å². The van der Waals surface area contributed by atoms with Gasteiger partial charge in [-0.2, -0.15) is 0 Å². The van der Waals surface area contributed by atoms with Crippen molar-refractivity contribution in [3.63, 3.8) is 0 Å². The van der Waals surface area contributed by atoms with Crippen molar-refractivity contribution < 1.29 is 8.78 Å². The van der Waals surface area contributed by atoms with Gasteiger partial charge in [-0.3, -0.25) is 0 Å². The molecule has 1 aromatic carbocycles. The molecule has 100 valence electrons. The van der Waals surface area contributed by atoms with Gasteiger partial charge < -0.3 is 5.73 Å². The quantitative estimate of drug-likeness (QED) is 0.876. The van der Waals surface area contributed by atoms with Crippen LogP contribution >= 0.6 is 0 Å². The first kappa shape index (κ1) is 13.5. The highest BCUT2D eigenvalue weighted by Crippen LogP contribution is 2.35. The van der Waals surface area contributed by atoms with E-state index in [-0.39, 0.29) is 0 Å². The average molecular weight is 253 g/mol. The van der Waals surface area contributed by atoms with Gasteiger partial charge in [-0.1, -0.05) is 19.4 Å². The maximum absolute atomic E-state index is 13.7. The van der Waals surface area contributed by atoms with Crippen LogP contribution in [0.1, 0.15) is 31.7 Å². The molecule has 1 aliphatic carbocycles. The molecular formula is C15H21F2N. The van der Waals surface area contributed by atoms with Gasteiger partial charge >= 0.3 is 0 Å². The molecule has 1 aliphatic rings. The Morgan fingerprint density at radius 2 is 2.00 bits per heavy atom. The van der Waals surface area contributed by atoms with E-state index in [2.05, 4.69) is 6.92 Å². The fraction of sp³-hybridized carbons (Fsp3) is 0.600. The molecule has 1 saturated carbocycles. The van der Waals surface area contributed by atoms with Gasteiger partial charge in [-0.15, -0.1) is 0 Å². The van der Waals surface area contributed by atoms with Crippen molar-refractivity contribution in [2.75, 3.05) is 6.54 Å². The number of benzene rings is 1. The van der Waals surface area contributed by atoms with Crippen LogP contribution in [0.2, 0.25) is 0 Å². The molecule has 0 aromatic heterocycles. The van der Waals surface area contributed by atoms with Crippen LogP contribution in [0, 0.1) is 29.4 Å². The number of halogens is 2. The third kappa shape index (κ3) is 3.08. The topological polar surface area (TPSA) is 26.0 Å². The monoisotopic (exact) mass is 253 g/mol. The first-order valence-corrected chi connectivity index (χ1v) is 6.74. The summed E-state index contributed by atoms with van der Waals surface area (Å²) in [6.07, 6.45) is 4.12. The SMILES string of the molecule is CC1CCC(CN)C(Cc2ccc(F)cc2F)C1. The summed E-state index contributed by atoms with van der Waals surface area (Å²) in [5.74, 6) is 0.651. The lowest BCUT2D eigenvalue weighted by atomic mass is 9.72. The molecule has 1 fully saturated rings. The van der Waals surface area contributed by atoms with E-state index in [0.29, 0.717) is 36.3 Å². The average Bonchev–Trinajstić information content (AvgIpc) is 2.33. The van der Waals surface area contributed by atoms with Gasteiger partial charge in [0.1, 0.15) is 11.6 Å². The third-order valence-corrected chi connectivity index (χ3v) is 4.20. The Hall–Kier alpha value is -0.960. The second-order valence-electron chi connectivity index (χ2n) is 5.61. The lowest BCUT2D eigenvalue weighted by Crippen LogP contribution is -2.31. The Balaban J connectivity index is 2.10. The Kier molecular flexibility index (Phi) is 4.33. The van der Waals surface area contributed by atoms with Crippen LogP contribution in [0.4, 0.5) is 8.78 Å². The second-order valence-corrected chi connectivity index (χ2v) is 5.61. The zero-order valence-electron chi connectivity index (χ0n) is 10.8. The Morgan fingerprint density at radius 3 is 2.67 bits per heavy atom. The molecule has 3 heteroatoms. The molecular weight excluding hydrogens is 232 g/mol. The number of hydrogen-bond acceptors (Lipinski definition) is 1. The molecule has 3 unspecified atom stereocenters. The molecule has 18 heavy (non-hydrogen) atoms. The van der Waals surface area contributed by atoms with Gasteiger partial charge in [-0.05, 0) is 55.2 Å². The minimum Gasteiger partial charge on any atom is -0.330 e. The highest BCUT2D eigenvalue weighted by molar-refractivity contribution is 5.19. The van der Waals surface area contributed by atoms with Crippen molar-refractivity contribution in [1.29, 1.82) is 0 Å². The lowest BCUT2D eigenvalue weighted by molar-refractivity contribution is 0.192. The molecule has 2 rings (SSSR count). The summed E-state index contributed by atoms with van der Waals surface area (Å²) in [5, 5.41) is 0. The molecule has 0 spiro atoms. The van der Waals surface area contributed by atoms with Crippen LogP contribution in [0.3, 0.4) is 0 Å². The van der Waals surface area contributed by atoms with Crippen LogP contribution in [0.5, 0.6) is 0 Å². The van der Waals surface area contributed by atoms with Crippen molar-refractivity contribution in [2.24, 2.45) is 23.5 Å². The second kappa shape index (κ2) is 5.79. The molecule has 3 atom stereocenters. The highest BCUT2D eigenvalue weighted by atomic mass is 19.1. The Bertz CT molecular complexity index is 405. The predicted molar refractivity (Wildman–Crippen MR) is 69.1 cm³/mol. The first-order chi connectivity index (χ1) is 8.60. The Labute approximate surface area is 107 Å². The Morgan fingerprint density at radius 1 is 1.22 bits per heavy atom. The van der Waals surface area contributed by atoms with E-state index in [1.54, 1.807) is 6.07 Å². The standard InChI is InChI=1S/C15H21F2N/c1-10-2-3-12(9-18)13(6-10)7-11-4-5-14(16)8-15(11)17/h4-5,8,10,12-13H,2-3,6-7,9,18H2,1H3. The van der Waals surface area contributed by atoms with Crippen molar-refractivity contribution >= 4 is 0 Å². The van der Waals surface area contributed by atoms with E-state index in [4.69, 9.17) is 5.73 Å². The van der Waals surface area contributed by atoms with E-state index >= 15 is 0 Å². The molecule has 0 aliphatic heterocycles. The molecule has 0 heterocycles. The van der Waals surface area contributed by atoms with Gasteiger partial charge in [0.25, 0.3) is 0 Å². The van der Waals surface area contributed by atoms with Crippen LogP contribution in [0.15, 0.2) is 18.2 Å². The molecule has 0 radical (unpaired) electrons. The van der Waals surface area contributed by atoms with Crippen molar-refractivity contribution in [3.8, 4) is 0 Å². The summed E-state index contributed by atoms with van der Waals surface area (Å²) in [7, 11) is 0. The van der Waals surface area contributed by atoms with E-state index in [1.807, 2.05) is 0 Å². The van der Waals surface area contributed by atoms with E-state index in [9.17, 15) is 8.78 Å². The molecule has 1 nitrogen and oxygen atoms in total. The molecule has 2 N–H and O–H groups in total. The maximum Gasteiger partial charge on any atom is 0.129 e. The van der Waals surface area contributed by atoms with Gasteiger partial charge in [0.15, 0.2) is 0 Å². The summed E-state index contributed by atoms with van der Waals surface area (Å²) in [5.41, 5.74) is 6.42. The highest BCUT2D eigenvalue weighted by Gasteiger charge is 2.28. The van der Waals surface area contributed by atoms with E-state index in [0.717, 1.165) is 18.9 Å². The van der Waals surface area contributed by atoms with Crippen LogP contribution in [0.25, 0.3) is 0 Å². The summed E-state index contributed by atoms with van der Waals surface area (Å²) < 4.78 is 26.5. The summed E-state index contributed by atoms with van der Waals surface area (Å²) in [6, 6.07) is 3.87. The van der Waals surface area contributed by atoms with Gasteiger partial charge in [0, 0.05) is 6.07 Å². The molecule has 0 bridgehead atoms. The minimum atomic E-state index is -0.511. The van der Waals surface area contributed by atoms with Crippen LogP contribution in [-0.2, 0) is 6.42 Å². The smallest absolute Gasteiger partial charge is 0.129 e. The zero-order valence-corrected chi connectivity index (χ0v) is 10.8. The van der Waals surface area contributed by atoms with Gasteiger partial charge in [-0.25, -0.2) is 8.78 Å². The number of hydrogen-bond donors (Lipinski definition) is 1. The predicted octanol–water partition coefficient (Wildman–Crippen LogP) is 3.52. The van der Waals surface area contributed by atoms with Crippen molar-refractivity contribution in [3.05, 3.63) is 35.4 Å². The lowest BCUT2D eigenvalue weighted by Gasteiger charge is -2.34. The van der Waals surface area contributed by atoms with E-state index in [1.165, 1.54) is 12.5 Å². The van der Waals surface area contributed by atoms with Crippen LogP contribution < -0.4 is 5.73 Å². The fourth-order valence-corrected chi connectivity index (χ4v) is 3.09. The van der Waals surface area contributed by atoms with Gasteiger partial charge in [0.2, 0.25) is 0 Å².